The summed E-state index contributed by atoms with van der Waals surface area (Å²) in [6.45, 7) is 2.70. The maximum Gasteiger partial charge on any atom is 0.147 e. The lowest BCUT2D eigenvalue weighted by atomic mass is 10.1. The summed E-state index contributed by atoms with van der Waals surface area (Å²) in [6.07, 6.45) is 0. The van der Waals surface area contributed by atoms with E-state index in [1.54, 1.807) is 12.1 Å². The Hall–Kier alpha value is -1.94. The largest absolute Gasteiger partial charge is 0.389 e. The Labute approximate surface area is 124 Å². The number of nitrogens with two attached hydrogens (primary N) is 1. The summed E-state index contributed by atoms with van der Waals surface area (Å²) < 4.78 is 14.1. The molecule has 0 radical (unpaired) electrons. The van der Waals surface area contributed by atoms with Gasteiger partial charge < -0.3 is 10.6 Å². The van der Waals surface area contributed by atoms with Gasteiger partial charge in [-0.3, -0.25) is 0 Å². The summed E-state index contributed by atoms with van der Waals surface area (Å²) in [4.78, 5) is 2.08. The molecule has 0 saturated heterocycles. The molecule has 20 heavy (non-hydrogen) atoms. The molecular formula is C16H17FN2S. The van der Waals surface area contributed by atoms with Crippen molar-refractivity contribution in [2.75, 3.05) is 11.9 Å². The molecule has 0 aliphatic heterocycles. The zero-order chi connectivity index (χ0) is 14.7. The summed E-state index contributed by atoms with van der Waals surface area (Å²) >= 11 is 4.85. The van der Waals surface area contributed by atoms with Crippen molar-refractivity contribution in [3.05, 3.63) is 65.0 Å². The van der Waals surface area contributed by atoms with Crippen molar-refractivity contribution >= 4 is 22.9 Å². The SMILES string of the molecule is Cc1ccccc1CN(C)c1ccc(C(N)=S)cc1F. The first-order valence-corrected chi connectivity index (χ1v) is 6.75. The molecule has 0 heterocycles. The first kappa shape index (κ1) is 14.5. The van der Waals surface area contributed by atoms with Crippen molar-refractivity contribution in [3.63, 3.8) is 0 Å². The molecule has 2 N–H and O–H groups in total. The molecule has 4 heteroatoms. The van der Waals surface area contributed by atoms with Crippen LogP contribution in [0.25, 0.3) is 0 Å². The van der Waals surface area contributed by atoms with Crippen molar-refractivity contribution in [3.8, 4) is 0 Å². The Morgan fingerprint density at radius 3 is 2.55 bits per heavy atom. The van der Waals surface area contributed by atoms with E-state index in [9.17, 15) is 4.39 Å². The number of benzene rings is 2. The zero-order valence-corrected chi connectivity index (χ0v) is 12.4. The van der Waals surface area contributed by atoms with Crippen LogP contribution in [0.2, 0.25) is 0 Å². The number of halogens is 1. The van der Waals surface area contributed by atoms with E-state index in [4.69, 9.17) is 18.0 Å². The predicted octanol–water partition coefficient (Wildman–Crippen LogP) is 3.40. The van der Waals surface area contributed by atoms with E-state index in [-0.39, 0.29) is 10.8 Å². The summed E-state index contributed by atoms with van der Waals surface area (Å²) in [7, 11) is 1.87. The molecule has 2 aromatic rings. The molecule has 0 unspecified atom stereocenters. The van der Waals surface area contributed by atoms with E-state index >= 15 is 0 Å². The van der Waals surface area contributed by atoms with Gasteiger partial charge in [0.05, 0.1) is 5.69 Å². The molecule has 2 rings (SSSR count). The first-order chi connectivity index (χ1) is 9.49. The molecule has 0 aromatic heterocycles. The highest BCUT2D eigenvalue weighted by molar-refractivity contribution is 7.80. The van der Waals surface area contributed by atoms with Gasteiger partial charge in [0.15, 0.2) is 0 Å². The molecule has 104 valence electrons. The third-order valence-electron chi connectivity index (χ3n) is 3.31. The normalized spacial score (nSPS) is 10.3. The Morgan fingerprint density at radius 2 is 1.95 bits per heavy atom. The molecule has 0 amide bonds. The second kappa shape index (κ2) is 6.01. The van der Waals surface area contributed by atoms with Gasteiger partial charge in [-0.05, 0) is 36.2 Å². The first-order valence-electron chi connectivity index (χ1n) is 6.34. The Morgan fingerprint density at radius 1 is 1.25 bits per heavy atom. The van der Waals surface area contributed by atoms with E-state index in [0.29, 0.717) is 17.8 Å². The summed E-state index contributed by atoms with van der Waals surface area (Å²) in [6, 6.07) is 12.9. The van der Waals surface area contributed by atoms with Crippen molar-refractivity contribution < 1.29 is 4.39 Å². The van der Waals surface area contributed by atoms with E-state index in [1.807, 2.05) is 30.1 Å². The smallest absolute Gasteiger partial charge is 0.147 e. The Balaban J connectivity index is 2.23. The van der Waals surface area contributed by atoms with Gasteiger partial charge in [-0.25, -0.2) is 4.39 Å². The standard InChI is InChI=1S/C16H17FN2S/c1-11-5-3-4-6-13(11)10-19(2)15-8-7-12(16(18)20)9-14(15)17/h3-9H,10H2,1-2H3,(H2,18,20). The van der Waals surface area contributed by atoms with Crippen LogP contribution in [0, 0.1) is 12.7 Å². The van der Waals surface area contributed by atoms with Gasteiger partial charge in [0.25, 0.3) is 0 Å². The van der Waals surface area contributed by atoms with Crippen molar-refractivity contribution in [1.82, 2.24) is 0 Å². The Bertz CT molecular complexity index is 640. The van der Waals surface area contributed by atoms with Gasteiger partial charge in [0, 0.05) is 19.2 Å². The average Bonchev–Trinajstić information content (AvgIpc) is 2.41. The third kappa shape index (κ3) is 3.14. The van der Waals surface area contributed by atoms with Crippen LogP contribution in [-0.2, 0) is 6.54 Å². The minimum atomic E-state index is -0.314. The maximum absolute atomic E-state index is 14.1. The molecule has 0 atom stereocenters. The number of aryl methyl sites for hydroxylation is 1. The minimum absolute atomic E-state index is 0.206. The third-order valence-corrected chi connectivity index (χ3v) is 3.55. The number of nitrogens with zero attached hydrogens (tertiary/aromatic N) is 1. The van der Waals surface area contributed by atoms with Gasteiger partial charge in [0.2, 0.25) is 0 Å². The predicted molar refractivity (Wildman–Crippen MR) is 85.6 cm³/mol. The van der Waals surface area contributed by atoms with Crippen LogP contribution in [0.1, 0.15) is 16.7 Å². The van der Waals surface area contributed by atoms with Gasteiger partial charge in [-0.1, -0.05) is 36.5 Å². The van der Waals surface area contributed by atoms with E-state index in [0.717, 1.165) is 0 Å². The molecule has 2 aromatic carbocycles. The quantitative estimate of drug-likeness (QED) is 0.874. The van der Waals surface area contributed by atoms with Gasteiger partial charge in [-0.2, -0.15) is 0 Å². The minimum Gasteiger partial charge on any atom is -0.389 e. The molecule has 0 fully saturated rings. The topological polar surface area (TPSA) is 29.3 Å². The van der Waals surface area contributed by atoms with Crippen LogP contribution in [0.5, 0.6) is 0 Å². The van der Waals surface area contributed by atoms with E-state index in [1.165, 1.54) is 17.2 Å². The molecular weight excluding hydrogens is 271 g/mol. The zero-order valence-electron chi connectivity index (χ0n) is 11.6. The summed E-state index contributed by atoms with van der Waals surface area (Å²) in [5.74, 6) is -0.314. The van der Waals surface area contributed by atoms with Crippen molar-refractivity contribution in [2.24, 2.45) is 5.73 Å². The summed E-state index contributed by atoms with van der Waals surface area (Å²) in [5.41, 5.74) is 8.95. The fourth-order valence-electron chi connectivity index (χ4n) is 2.10. The van der Waals surface area contributed by atoms with E-state index in [2.05, 4.69) is 13.0 Å². The lowest BCUT2D eigenvalue weighted by molar-refractivity contribution is 0.622. The fraction of sp³-hybridized carbons (Fsp3) is 0.188. The molecule has 0 saturated carbocycles. The number of thiocarbonyl (C=S) groups is 1. The van der Waals surface area contributed by atoms with Crippen molar-refractivity contribution in [2.45, 2.75) is 13.5 Å². The highest BCUT2D eigenvalue weighted by Gasteiger charge is 2.10. The lowest BCUT2D eigenvalue weighted by Crippen LogP contribution is -2.19. The van der Waals surface area contributed by atoms with Crippen LogP contribution in [0.3, 0.4) is 0 Å². The van der Waals surface area contributed by atoms with E-state index < -0.39 is 0 Å². The second-order valence-electron chi connectivity index (χ2n) is 4.81. The Kier molecular flexibility index (Phi) is 4.35. The van der Waals surface area contributed by atoms with Crippen LogP contribution < -0.4 is 10.6 Å². The number of hydrogen-bond acceptors (Lipinski definition) is 2. The molecule has 0 aliphatic carbocycles. The molecule has 0 aliphatic rings. The fourth-order valence-corrected chi connectivity index (χ4v) is 2.22. The van der Waals surface area contributed by atoms with Crippen LogP contribution >= 0.6 is 12.2 Å². The van der Waals surface area contributed by atoms with Crippen LogP contribution in [0.4, 0.5) is 10.1 Å². The van der Waals surface area contributed by atoms with Gasteiger partial charge >= 0.3 is 0 Å². The summed E-state index contributed by atoms with van der Waals surface area (Å²) in [5, 5.41) is 0. The lowest BCUT2D eigenvalue weighted by Gasteiger charge is -2.21. The molecule has 2 nitrogen and oxygen atoms in total. The van der Waals surface area contributed by atoms with Crippen LogP contribution in [-0.4, -0.2) is 12.0 Å². The maximum atomic E-state index is 14.1. The highest BCUT2D eigenvalue weighted by atomic mass is 32.1. The van der Waals surface area contributed by atoms with Crippen molar-refractivity contribution in [1.29, 1.82) is 0 Å². The average molecular weight is 288 g/mol. The molecule has 0 spiro atoms. The molecule has 0 bridgehead atoms. The second-order valence-corrected chi connectivity index (χ2v) is 5.25. The van der Waals surface area contributed by atoms with Gasteiger partial charge in [-0.15, -0.1) is 0 Å². The number of hydrogen-bond donors (Lipinski definition) is 1. The number of anilines is 1. The number of rotatable bonds is 4. The monoisotopic (exact) mass is 288 g/mol. The van der Waals surface area contributed by atoms with Gasteiger partial charge in [0.1, 0.15) is 10.8 Å². The highest BCUT2D eigenvalue weighted by Crippen LogP contribution is 2.22. The van der Waals surface area contributed by atoms with Crippen LogP contribution in [0.15, 0.2) is 42.5 Å².